The lowest BCUT2D eigenvalue weighted by Crippen LogP contribution is -2.35. The molecule has 0 aliphatic carbocycles. The summed E-state index contributed by atoms with van der Waals surface area (Å²) < 4.78 is 5.19. The molecule has 2 amide bonds. The Bertz CT molecular complexity index is 686. The Kier molecular flexibility index (Phi) is 5.08. The Labute approximate surface area is 128 Å². The highest BCUT2D eigenvalue weighted by Gasteiger charge is 2.15. The fraction of sp³-hybridized carbons (Fsp3) is 0.188. The highest BCUT2D eigenvalue weighted by molar-refractivity contribution is 6.39. The van der Waals surface area contributed by atoms with E-state index < -0.39 is 11.8 Å². The quantitative estimate of drug-likeness (QED) is 0.841. The van der Waals surface area contributed by atoms with Gasteiger partial charge in [-0.1, -0.05) is 24.3 Å². The number of aromatic nitrogens is 1. The van der Waals surface area contributed by atoms with Crippen molar-refractivity contribution in [3.05, 3.63) is 53.7 Å². The first kappa shape index (κ1) is 15.5. The molecule has 0 bridgehead atoms. The maximum absolute atomic E-state index is 11.8. The third-order valence-electron chi connectivity index (χ3n) is 3.08. The zero-order chi connectivity index (χ0) is 15.9. The molecule has 0 spiro atoms. The van der Waals surface area contributed by atoms with Gasteiger partial charge in [-0.2, -0.15) is 0 Å². The number of carbonyl (C=O) groups excluding carboxylic acids is 2. The topological polar surface area (TPSA) is 80.3 Å². The van der Waals surface area contributed by atoms with Crippen molar-refractivity contribution in [3.63, 3.8) is 0 Å². The lowest BCUT2D eigenvalue weighted by Gasteiger charge is -2.10. The van der Waals surface area contributed by atoms with Crippen LogP contribution in [0.2, 0.25) is 0 Å². The number of ether oxygens (including phenoxy) is 1. The van der Waals surface area contributed by atoms with Crippen LogP contribution in [0.5, 0.6) is 5.75 Å². The van der Waals surface area contributed by atoms with Crippen molar-refractivity contribution in [1.82, 2.24) is 10.3 Å². The molecule has 6 nitrogen and oxygen atoms in total. The summed E-state index contributed by atoms with van der Waals surface area (Å²) in [6.45, 7) is 2.01. The number of anilines is 1. The fourth-order valence-electron chi connectivity index (χ4n) is 1.89. The molecule has 0 aliphatic rings. The first-order chi connectivity index (χ1) is 10.6. The molecule has 1 heterocycles. The zero-order valence-electron chi connectivity index (χ0n) is 12.4. The molecule has 0 atom stereocenters. The van der Waals surface area contributed by atoms with Gasteiger partial charge in [0.15, 0.2) is 0 Å². The number of hydrogen-bond acceptors (Lipinski definition) is 4. The number of pyridine rings is 1. The van der Waals surface area contributed by atoms with Crippen LogP contribution in [-0.2, 0) is 16.1 Å². The van der Waals surface area contributed by atoms with Crippen LogP contribution in [0.3, 0.4) is 0 Å². The predicted molar refractivity (Wildman–Crippen MR) is 82.4 cm³/mol. The first-order valence-electron chi connectivity index (χ1n) is 6.74. The Balaban J connectivity index is 1.95. The van der Waals surface area contributed by atoms with Crippen LogP contribution in [0.25, 0.3) is 0 Å². The molecule has 1 aromatic heterocycles. The van der Waals surface area contributed by atoms with Crippen LogP contribution in [-0.4, -0.2) is 23.9 Å². The molecule has 0 unspecified atom stereocenters. The number of carbonyl (C=O) groups is 2. The van der Waals surface area contributed by atoms with Crippen molar-refractivity contribution in [2.24, 2.45) is 0 Å². The molecule has 0 saturated heterocycles. The normalized spacial score (nSPS) is 9.91. The second kappa shape index (κ2) is 7.21. The third kappa shape index (κ3) is 3.82. The summed E-state index contributed by atoms with van der Waals surface area (Å²) in [5.41, 5.74) is 1.58. The second-order valence-electron chi connectivity index (χ2n) is 4.62. The number of nitrogens with one attached hydrogen (secondary N) is 2. The van der Waals surface area contributed by atoms with E-state index in [4.69, 9.17) is 4.74 Å². The number of amides is 2. The second-order valence-corrected chi connectivity index (χ2v) is 4.62. The largest absolute Gasteiger partial charge is 0.496 e. The van der Waals surface area contributed by atoms with Crippen LogP contribution in [0, 0.1) is 6.92 Å². The van der Waals surface area contributed by atoms with Gasteiger partial charge in [0.2, 0.25) is 0 Å². The summed E-state index contributed by atoms with van der Waals surface area (Å²) in [7, 11) is 1.55. The highest BCUT2D eigenvalue weighted by Crippen LogP contribution is 2.16. The Hall–Kier alpha value is -2.89. The molecule has 2 rings (SSSR count). The van der Waals surface area contributed by atoms with E-state index in [1.165, 1.54) is 0 Å². The van der Waals surface area contributed by atoms with Gasteiger partial charge in [-0.25, -0.2) is 4.98 Å². The smallest absolute Gasteiger partial charge is 0.314 e. The SMILES string of the molecule is COc1ccccc1CNC(=O)C(=O)Nc1ncccc1C. The number of benzene rings is 1. The Morgan fingerprint density at radius 2 is 1.91 bits per heavy atom. The van der Waals surface area contributed by atoms with E-state index in [2.05, 4.69) is 15.6 Å². The third-order valence-corrected chi connectivity index (χ3v) is 3.08. The molecule has 0 radical (unpaired) electrons. The number of hydrogen-bond donors (Lipinski definition) is 2. The van der Waals surface area contributed by atoms with Gasteiger partial charge in [0.05, 0.1) is 7.11 Å². The van der Waals surface area contributed by atoms with Crippen molar-refractivity contribution >= 4 is 17.6 Å². The van der Waals surface area contributed by atoms with Crippen LogP contribution in [0.1, 0.15) is 11.1 Å². The molecule has 22 heavy (non-hydrogen) atoms. The van der Waals surface area contributed by atoms with Crippen molar-refractivity contribution in [3.8, 4) is 5.75 Å². The van der Waals surface area contributed by atoms with Crippen molar-refractivity contribution < 1.29 is 14.3 Å². The predicted octanol–water partition coefficient (Wildman–Crippen LogP) is 1.65. The summed E-state index contributed by atoms with van der Waals surface area (Å²) in [5.74, 6) is -0.448. The molecule has 0 aliphatic heterocycles. The molecule has 0 saturated carbocycles. The van der Waals surface area contributed by atoms with Gasteiger partial charge in [0.1, 0.15) is 11.6 Å². The first-order valence-corrected chi connectivity index (χ1v) is 6.74. The van der Waals surface area contributed by atoms with E-state index in [1.807, 2.05) is 18.2 Å². The molecule has 2 N–H and O–H groups in total. The maximum atomic E-state index is 11.8. The molecular weight excluding hydrogens is 282 g/mol. The van der Waals surface area contributed by atoms with Gasteiger partial charge in [-0.15, -0.1) is 0 Å². The average Bonchev–Trinajstić information content (AvgIpc) is 2.54. The van der Waals surface area contributed by atoms with Crippen molar-refractivity contribution in [2.45, 2.75) is 13.5 Å². The number of nitrogens with zero attached hydrogens (tertiary/aromatic N) is 1. The standard InChI is InChI=1S/C16H17N3O3/c1-11-6-5-9-17-14(11)19-16(21)15(20)18-10-12-7-3-4-8-13(12)22-2/h3-9H,10H2,1-2H3,(H,18,20)(H,17,19,21). The number of aryl methyl sites for hydroxylation is 1. The molecule has 2 aromatic rings. The van der Waals surface area contributed by atoms with E-state index in [9.17, 15) is 9.59 Å². The summed E-state index contributed by atoms with van der Waals surface area (Å²) in [5, 5.41) is 5.04. The van der Waals surface area contributed by atoms with E-state index in [-0.39, 0.29) is 6.54 Å². The lowest BCUT2D eigenvalue weighted by molar-refractivity contribution is -0.136. The Morgan fingerprint density at radius 3 is 2.64 bits per heavy atom. The number of methoxy groups -OCH3 is 1. The molecule has 0 fully saturated rings. The van der Waals surface area contributed by atoms with Gasteiger partial charge >= 0.3 is 11.8 Å². The zero-order valence-corrected chi connectivity index (χ0v) is 12.4. The van der Waals surface area contributed by atoms with Crippen LogP contribution in [0.4, 0.5) is 5.82 Å². The van der Waals surface area contributed by atoms with Crippen LogP contribution in [0.15, 0.2) is 42.6 Å². The summed E-state index contributed by atoms with van der Waals surface area (Å²) >= 11 is 0. The van der Waals surface area contributed by atoms with Gasteiger partial charge in [0.25, 0.3) is 0 Å². The van der Waals surface area contributed by atoms with Gasteiger partial charge in [-0.05, 0) is 24.6 Å². The number of para-hydroxylation sites is 1. The van der Waals surface area contributed by atoms with Crippen molar-refractivity contribution in [2.75, 3.05) is 12.4 Å². The molecule has 114 valence electrons. The van der Waals surface area contributed by atoms with Gasteiger partial charge in [0, 0.05) is 18.3 Å². The molecule has 1 aromatic carbocycles. The van der Waals surface area contributed by atoms with Gasteiger partial charge in [-0.3, -0.25) is 9.59 Å². The van der Waals surface area contributed by atoms with E-state index in [0.717, 1.165) is 11.1 Å². The minimum absolute atomic E-state index is 0.206. The Morgan fingerprint density at radius 1 is 1.14 bits per heavy atom. The van der Waals surface area contributed by atoms with E-state index in [1.54, 1.807) is 38.4 Å². The minimum atomic E-state index is -0.753. The average molecular weight is 299 g/mol. The lowest BCUT2D eigenvalue weighted by atomic mass is 10.2. The monoisotopic (exact) mass is 299 g/mol. The van der Waals surface area contributed by atoms with Gasteiger partial charge < -0.3 is 15.4 Å². The van der Waals surface area contributed by atoms with E-state index >= 15 is 0 Å². The molecule has 6 heteroatoms. The fourth-order valence-corrected chi connectivity index (χ4v) is 1.89. The minimum Gasteiger partial charge on any atom is -0.496 e. The summed E-state index contributed by atoms with van der Waals surface area (Å²) in [6, 6.07) is 10.8. The highest BCUT2D eigenvalue weighted by atomic mass is 16.5. The summed E-state index contributed by atoms with van der Waals surface area (Å²) in [4.78, 5) is 27.7. The number of rotatable bonds is 4. The van der Waals surface area contributed by atoms with Crippen LogP contribution < -0.4 is 15.4 Å². The maximum Gasteiger partial charge on any atom is 0.314 e. The summed E-state index contributed by atoms with van der Waals surface area (Å²) in [6.07, 6.45) is 1.55. The van der Waals surface area contributed by atoms with Crippen LogP contribution >= 0.6 is 0 Å². The van der Waals surface area contributed by atoms with E-state index in [0.29, 0.717) is 11.6 Å². The van der Waals surface area contributed by atoms with Crippen molar-refractivity contribution in [1.29, 1.82) is 0 Å². The molecular formula is C16H17N3O3.